The number of benzene rings is 1. The van der Waals surface area contributed by atoms with Gasteiger partial charge in [0.25, 0.3) is 16.0 Å². The molecular formula is C32H45N5O9S. The Kier molecular flexibility index (Phi) is 9.64. The second kappa shape index (κ2) is 13.1. The zero-order chi connectivity index (χ0) is 34.4. The third-order valence-corrected chi connectivity index (χ3v) is 11.0. The van der Waals surface area contributed by atoms with E-state index in [2.05, 4.69) is 20.9 Å². The second-order valence-corrected chi connectivity index (χ2v) is 15.5. The number of aromatic nitrogens is 1. The summed E-state index contributed by atoms with van der Waals surface area (Å²) in [4.78, 5) is 58.6. The Hall–Kier alpha value is -3.69. The SMILES string of the molecule is COc1cccc2[nH]c(C(=O)N[C@@H](CC(C)C)C(=O)N3C[C@H]4[C@@H]([C@H]3C(=O)N[C@@H](C[C@@H]3CCCNC3=O)C(O)S(=O)(=O)O)C4(C)C)cc12. The second-order valence-electron chi connectivity index (χ2n) is 14.0. The minimum atomic E-state index is -5.01. The number of ether oxygens (including phenoxy) is 1. The maximum absolute atomic E-state index is 14.2. The van der Waals surface area contributed by atoms with Crippen LogP contribution in [0.4, 0.5) is 0 Å². The maximum atomic E-state index is 14.2. The summed E-state index contributed by atoms with van der Waals surface area (Å²) < 4.78 is 39.1. The van der Waals surface area contributed by atoms with Crippen molar-refractivity contribution in [1.29, 1.82) is 0 Å². The summed E-state index contributed by atoms with van der Waals surface area (Å²) >= 11 is 0. The molecule has 258 valence electrons. The number of nitrogens with zero attached hydrogens (tertiary/aromatic N) is 1. The van der Waals surface area contributed by atoms with Gasteiger partial charge in [0.2, 0.25) is 23.2 Å². The molecule has 1 unspecified atom stereocenters. The summed E-state index contributed by atoms with van der Waals surface area (Å²) in [5.74, 6) is -2.37. The molecule has 2 aliphatic heterocycles. The van der Waals surface area contributed by atoms with Gasteiger partial charge in [0.1, 0.15) is 23.5 Å². The van der Waals surface area contributed by atoms with Crippen molar-refractivity contribution in [1.82, 2.24) is 25.8 Å². The molecule has 3 heterocycles. The van der Waals surface area contributed by atoms with Gasteiger partial charge < -0.3 is 35.7 Å². The molecule has 4 amide bonds. The molecule has 0 spiro atoms. The van der Waals surface area contributed by atoms with Crippen LogP contribution >= 0.6 is 0 Å². The smallest absolute Gasteiger partial charge is 0.294 e. The molecule has 14 nitrogen and oxygen atoms in total. The fourth-order valence-electron chi connectivity index (χ4n) is 7.46. The van der Waals surface area contributed by atoms with Crippen LogP contribution in [-0.4, -0.2) is 95.4 Å². The van der Waals surface area contributed by atoms with Crippen LogP contribution in [0, 0.1) is 29.1 Å². The summed E-state index contributed by atoms with van der Waals surface area (Å²) in [5.41, 5.74) is -1.75. The first-order chi connectivity index (χ1) is 22.0. The zero-order valence-corrected chi connectivity index (χ0v) is 28.1. The van der Waals surface area contributed by atoms with Crippen molar-refractivity contribution in [2.24, 2.45) is 29.1 Å². The molecule has 3 aliphatic rings. The fourth-order valence-corrected chi connectivity index (χ4v) is 8.05. The minimum Gasteiger partial charge on any atom is -0.496 e. The summed E-state index contributed by atoms with van der Waals surface area (Å²) in [6.07, 6.45) is 1.12. The lowest BCUT2D eigenvalue weighted by Gasteiger charge is -2.35. The Morgan fingerprint density at radius 2 is 1.91 bits per heavy atom. The van der Waals surface area contributed by atoms with Gasteiger partial charge in [0, 0.05) is 29.9 Å². The van der Waals surface area contributed by atoms with Crippen LogP contribution in [0.25, 0.3) is 10.9 Å². The number of hydrogen-bond acceptors (Lipinski definition) is 8. The number of nitrogens with one attached hydrogen (secondary N) is 4. The Balaban J connectivity index is 1.39. The van der Waals surface area contributed by atoms with E-state index in [0.717, 1.165) is 0 Å². The van der Waals surface area contributed by atoms with Crippen molar-refractivity contribution in [3.63, 3.8) is 0 Å². The van der Waals surface area contributed by atoms with Gasteiger partial charge in [-0.05, 0) is 67.1 Å². The number of rotatable bonds is 12. The largest absolute Gasteiger partial charge is 0.496 e. The Labute approximate surface area is 274 Å². The number of methoxy groups -OCH3 is 1. The Bertz CT molecular complexity index is 1650. The van der Waals surface area contributed by atoms with Crippen LogP contribution in [0.5, 0.6) is 5.75 Å². The summed E-state index contributed by atoms with van der Waals surface area (Å²) in [7, 11) is -3.47. The molecule has 15 heteroatoms. The van der Waals surface area contributed by atoms with Crippen LogP contribution in [0.2, 0.25) is 0 Å². The number of carbonyl (C=O) groups excluding carboxylic acids is 4. The number of aliphatic hydroxyl groups excluding tert-OH is 1. The molecule has 1 saturated carbocycles. The lowest BCUT2D eigenvalue weighted by Crippen LogP contribution is -2.59. The lowest BCUT2D eigenvalue weighted by atomic mass is 9.91. The van der Waals surface area contributed by atoms with Crippen LogP contribution in [-0.2, 0) is 24.5 Å². The number of piperidine rings is 2. The Morgan fingerprint density at radius 1 is 1.19 bits per heavy atom. The van der Waals surface area contributed by atoms with E-state index in [0.29, 0.717) is 42.5 Å². The molecule has 47 heavy (non-hydrogen) atoms. The number of likely N-dealkylation sites (tertiary alicyclic amines) is 1. The highest BCUT2D eigenvalue weighted by Gasteiger charge is 2.69. The molecule has 2 aromatic rings. The molecule has 1 aliphatic carbocycles. The molecule has 0 bridgehead atoms. The van der Waals surface area contributed by atoms with E-state index in [9.17, 15) is 37.3 Å². The van der Waals surface area contributed by atoms with Gasteiger partial charge in [-0.25, -0.2) is 0 Å². The summed E-state index contributed by atoms with van der Waals surface area (Å²) in [6.45, 7) is 8.51. The minimum absolute atomic E-state index is 0.00356. The maximum Gasteiger partial charge on any atom is 0.294 e. The highest BCUT2D eigenvalue weighted by atomic mass is 32.2. The predicted octanol–water partition coefficient (Wildman–Crippen LogP) is 1.41. The van der Waals surface area contributed by atoms with E-state index in [1.54, 1.807) is 24.3 Å². The quantitative estimate of drug-likeness (QED) is 0.180. The van der Waals surface area contributed by atoms with Crippen molar-refractivity contribution in [2.45, 2.75) is 76.9 Å². The van der Waals surface area contributed by atoms with Gasteiger partial charge in [-0.3, -0.25) is 23.7 Å². The molecule has 1 aromatic carbocycles. The third-order valence-electron chi connectivity index (χ3n) is 10.1. The standard InChI is InChI=1S/C32H45N5O9S/c1-16(2)12-22(35-28(39)21-14-18-20(34-21)9-6-10-24(18)46-5)30(41)37-15-19-25(32(19,3)4)26(37)29(40)36-23(31(42)47(43,44)45)13-17-8-7-11-33-27(17)38/h6,9-10,14,16-17,19,22-23,25-26,31,34,42H,7-8,11-13,15H2,1-5H3,(H,33,38)(H,35,39)(H,36,40)(H,43,44,45)/t17-,19-,22-,23-,25-,26-,31?/m0/s1. The summed E-state index contributed by atoms with van der Waals surface area (Å²) in [5, 5.41) is 19.4. The van der Waals surface area contributed by atoms with Gasteiger partial charge in [-0.1, -0.05) is 33.8 Å². The molecule has 5 rings (SSSR count). The highest BCUT2D eigenvalue weighted by Crippen LogP contribution is 2.65. The molecule has 0 radical (unpaired) electrons. The molecule has 1 aromatic heterocycles. The highest BCUT2D eigenvalue weighted by molar-refractivity contribution is 7.86. The zero-order valence-electron chi connectivity index (χ0n) is 27.3. The van der Waals surface area contributed by atoms with E-state index >= 15 is 0 Å². The Morgan fingerprint density at radius 3 is 2.55 bits per heavy atom. The van der Waals surface area contributed by atoms with Gasteiger partial charge in [-0.2, -0.15) is 8.42 Å². The molecule has 7 atom stereocenters. The average molecular weight is 676 g/mol. The van der Waals surface area contributed by atoms with Crippen LogP contribution < -0.4 is 20.7 Å². The number of aromatic amines is 1. The average Bonchev–Trinajstić information content (AvgIpc) is 3.37. The molecule has 3 fully saturated rings. The van der Waals surface area contributed by atoms with E-state index < -0.39 is 57.3 Å². The molecule has 6 N–H and O–H groups in total. The predicted molar refractivity (Wildman–Crippen MR) is 172 cm³/mol. The lowest BCUT2D eigenvalue weighted by molar-refractivity contribution is -0.142. The number of fused-ring (bicyclic) bond motifs is 2. The first-order valence-electron chi connectivity index (χ1n) is 16.0. The number of hydrogen-bond donors (Lipinski definition) is 6. The topological polar surface area (TPSA) is 207 Å². The fraction of sp³-hybridized carbons (Fsp3) is 0.625. The normalized spacial score (nSPS) is 25.4. The number of amides is 4. The van der Waals surface area contributed by atoms with Crippen molar-refractivity contribution < 1.29 is 42.0 Å². The van der Waals surface area contributed by atoms with Crippen molar-refractivity contribution in [3.8, 4) is 5.75 Å². The van der Waals surface area contributed by atoms with E-state index in [-0.39, 0.29) is 47.7 Å². The number of H-pyrrole nitrogens is 1. The van der Waals surface area contributed by atoms with Crippen molar-refractivity contribution in [2.75, 3.05) is 20.2 Å². The monoisotopic (exact) mass is 675 g/mol. The van der Waals surface area contributed by atoms with Crippen LogP contribution in [0.1, 0.15) is 63.9 Å². The van der Waals surface area contributed by atoms with Gasteiger partial charge >= 0.3 is 0 Å². The first kappa shape index (κ1) is 34.6. The van der Waals surface area contributed by atoms with Gasteiger partial charge in [0.15, 0.2) is 0 Å². The van der Waals surface area contributed by atoms with Gasteiger partial charge in [0.05, 0.1) is 13.2 Å². The molecule has 2 saturated heterocycles. The van der Waals surface area contributed by atoms with Gasteiger partial charge in [-0.15, -0.1) is 0 Å². The van der Waals surface area contributed by atoms with Crippen molar-refractivity contribution in [3.05, 3.63) is 30.0 Å². The van der Waals surface area contributed by atoms with E-state index in [1.807, 2.05) is 27.7 Å². The van der Waals surface area contributed by atoms with E-state index in [1.165, 1.54) is 12.0 Å². The van der Waals surface area contributed by atoms with Crippen LogP contribution in [0.3, 0.4) is 0 Å². The van der Waals surface area contributed by atoms with E-state index in [4.69, 9.17) is 4.74 Å². The first-order valence-corrected chi connectivity index (χ1v) is 17.5. The third kappa shape index (κ3) is 6.97. The number of carbonyl (C=O) groups is 4. The van der Waals surface area contributed by atoms with Crippen molar-refractivity contribution >= 4 is 44.6 Å². The van der Waals surface area contributed by atoms with Crippen LogP contribution in [0.15, 0.2) is 24.3 Å². The number of aliphatic hydroxyl groups is 1. The summed E-state index contributed by atoms with van der Waals surface area (Å²) in [6, 6.07) is 3.52. The molecular weight excluding hydrogens is 630 g/mol.